The van der Waals surface area contributed by atoms with Crippen molar-refractivity contribution in [2.75, 3.05) is 5.32 Å². The molecular weight excluding hydrogens is 266 g/mol. The van der Waals surface area contributed by atoms with Crippen molar-refractivity contribution in [3.63, 3.8) is 0 Å². The molecule has 6 heteroatoms. The third-order valence-corrected chi connectivity index (χ3v) is 3.45. The molecule has 0 aromatic carbocycles. The summed E-state index contributed by atoms with van der Waals surface area (Å²) in [5, 5.41) is 10.8. The number of aryl methyl sites for hydroxylation is 1. The topological polar surface area (TPSA) is 75.9 Å². The Morgan fingerprint density at radius 1 is 1.33 bits per heavy atom. The van der Waals surface area contributed by atoms with E-state index in [9.17, 15) is 0 Å². The second kappa shape index (κ2) is 5.81. The molecule has 3 rings (SSSR count). The lowest BCUT2D eigenvalue weighted by atomic mass is 10.1. The van der Waals surface area contributed by atoms with Crippen LogP contribution in [0, 0.1) is 12.8 Å². The van der Waals surface area contributed by atoms with Crippen LogP contribution in [0.5, 0.6) is 0 Å². The van der Waals surface area contributed by atoms with Crippen LogP contribution in [0.4, 0.5) is 5.82 Å². The fourth-order valence-electron chi connectivity index (χ4n) is 2.55. The molecule has 0 aliphatic carbocycles. The predicted molar refractivity (Wildman–Crippen MR) is 79.7 cm³/mol. The van der Waals surface area contributed by atoms with Crippen molar-refractivity contribution in [2.45, 2.75) is 46.8 Å². The average Bonchev–Trinajstić information content (AvgIpc) is 3.04. The second-order valence-electron chi connectivity index (χ2n) is 5.88. The molecule has 0 bridgehead atoms. The minimum Gasteiger partial charge on any atom is -0.364 e. The van der Waals surface area contributed by atoms with Crippen molar-refractivity contribution in [1.82, 2.24) is 20.4 Å². The van der Waals surface area contributed by atoms with Gasteiger partial charge in [0.15, 0.2) is 0 Å². The van der Waals surface area contributed by atoms with E-state index in [0.29, 0.717) is 12.5 Å². The smallest absolute Gasteiger partial charge is 0.137 e. The molecule has 6 nitrogen and oxygen atoms in total. The summed E-state index contributed by atoms with van der Waals surface area (Å²) < 4.78 is 5.35. The maximum atomic E-state index is 5.35. The first-order valence-corrected chi connectivity index (χ1v) is 7.37. The SMILES string of the molecule is Cc1nc2c(c(NCc3cc(CC(C)C)on3)n1)CNC2. The molecule has 1 aliphatic heterocycles. The molecule has 1 aliphatic rings. The summed E-state index contributed by atoms with van der Waals surface area (Å²) in [6.45, 7) is 8.50. The number of hydrogen-bond donors (Lipinski definition) is 2. The van der Waals surface area contributed by atoms with Gasteiger partial charge in [0.2, 0.25) is 0 Å². The first-order valence-electron chi connectivity index (χ1n) is 7.37. The van der Waals surface area contributed by atoms with Crippen molar-refractivity contribution in [3.05, 3.63) is 34.6 Å². The summed E-state index contributed by atoms with van der Waals surface area (Å²) >= 11 is 0. The Morgan fingerprint density at radius 2 is 2.19 bits per heavy atom. The third kappa shape index (κ3) is 3.21. The fraction of sp³-hybridized carbons (Fsp3) is 0.533. The fourth-order valence-corrected chi connectivity index (χ4v) is 2.55. The molecule has 2 N–H and O–H groups in total. The van der Waals surface area contributed by atoms with Crippen LogP contribution in [0.25, 0.3) is 0 Å². The van der Waals surface area contributed by atoms with Gasteiger partial charge < -0.3 is 15.2 Å². The van der Waals surface area contributed by atoms with E-state index in [4.69, 9.17) is 4.52 Å². The quantitative estimate of drug-likeness (QED) is 0.878. The van der Waals surface area contributed by atoms with Crippen molar-refractivity contribution in [2.24, 2.45) is 5.92 Å². The van der Waals surface area contributed by atoms with Crippen LogP contribution in [0.2, 0.25) is 0 Å². The first kappa shape index (κ1) is 14.0. The number of rotatable bonds is 5. The van der Waals surface area contributed by atoms with E-state index in [-0.39, 0.29) is 0 Å². The summed E-state index contributed by atoms with van der Waals surface area (Å²) in [7, 11) is 0. The maximum absolute atomic E-state index is 5.35. The molecule has 3 heterocycles. The number of fused-ring (bicyclic) bond motifs is 1. The standard InChI is InChI=1S/C15H21N5O/c1-9(2)4-12-5-11(20-21-12)6-17-15-13-7-16-8-14(13)18-10(3)19-15/h5,9,16H,4,6-8H2,1-3H3,(H,17,18,19). The van der Waals surface area contributed by atoms with Gasteiger partial charge in [-0.3, -0.25) is 0 Å². The van der Waals surface area contributed by atoms with Gasteiger partial charge in [0.25, 0.3) is 0 Å². The molecular formula is C15H21N5O. The summed E-state index contributed by atoms with van der Waals surface area (Å²) in [6, 6.07) is 2.01. The van der Waals surface area contributed by atoms with Gasteiger partial charge in [0.1, 0.15) is 23.1 Å². The average molecular weight is 287 g/mol. The van der Waals surface area contributed by atoms with Gasteiger partial charge in [-0.1, -0.05) is 19.0 Å². The highest BCUT2D eigenvalue weighted by atomic mass is 16.5. The van der Waals surface area contributed by atoms with Gasteiger partial charge in [-0.25, -0.2) is 9.97 Å². The molecule has 0 spiro atoms. The van der Waals surface area contributed by atoms with Gasteiger partial charge in [-0.05, 0) is 12.8 Å². The first-order chi connectivity index (χ1) is 10.1. The lowest BCUT2D eigenvalue weighted by Crippen LogP contribution is -2.08. The van der Waals surface area contributed by atoms with E-state index in [1.54, 1.807) is 0 Å². The van der Waals surface area contributed by atoms with Crippen LogP contribution in [0.15, 0.2) is 10.6 Å². The molecule has 2 aromatic rings. The lowest BCUT2D eigenvalue weighted by molar-refractivity contribution is 0.364. The second-order valence-corrected chi connectivity index (χ2v) is 5.88. The van der Waals surface area contributed by atoms with Crippen molar-refractivity contribution in [3.8, 4) is 0 Å². The van der Waals surface area contributed by atoms with E-state index in [1.807, 2.05) is 13.0 Å². The van der Waals surface area contributed by atoms with Crippen LogP contribution < -0.4 is 10.6 Å². The van der Waals surface area contributed by atoms with E-state index in [0.717, 1.165) is 53.9 Å². The third-order valence-electron chi connectivity index (χ3n) is 3.45. The molecule has 0 unspecified atom stereocenters. The normalized spacial score (nSPS) is 13.7. The van der Waals surface area contributed by atoms with Crippen molar-refractivity contribution >= 4 is 5.82 Å². The monoisotopic (exact) mass is 287 g/mol. The molecule has 0 radical (unpaired) electrons. The maximum Gasteiger partial charge on any atom is 0.137 e. The number of hydrogen-bond acceptors (Lipinski definition) is 6. The summed E-state index contributed by atoms with van der Waals surface area (Å²) in [5.74, 6) is 3.20. The Balaban J connectivity index is 1.69. The largest absolute Gasteiger partial charge is 0.364 e. The molecule has 0 atom stereocenters. The molecule has 0 fully saturated rings. The summed E-state index contributed by atoms with van der Waals surface area (Å²) in [5.41, 5.74) is 3.15. The molecule has 0 saturated carbocycles. The minimum atomic E-state index is 0.567. The molecule has 21 heavy (non-hydrogen) atoms. The van der Waals surface area contributed by atoms with Crippen LogP contribution in [-0.4, -0.2) is 15.1 Å². The molecule has 0 saturated heterocycles. The highest BCUT2D eigenvalue weighted by Crippen LogP contribution is 2.21. The number of aromatic nitrogens is 3. The van der Waals surface area contributed by atoms with Gasteiger partial charge in [-0.2, -0.15) is 0 Å². The highest BCUT2D eigenvalue weighted by molar-refractivity contribution is 5.48. The lowest BCUT2D eigenvalue weighted by Gasteiger charge is -2.09. The Hall–Kier alpha value is -1.95. The zero-order chi connectivity index (χ0) is 14.8. The van der Waals surface area contributed by atoms with Crippen LogP contribution in [0.1, 0.15) is 42.4 Å². The van der Waals surface area contributed by atoms with Gasteiger partial charge >= 0.3 is 0 Å². The Morgan fingerprint density at radius 3 is 3.00 bits per heavy atom. The van der Waals surface area contributed by atoms with Gasteiger partial charge in [0, 0.05) is 31.1 Å². The zero-order valence-electron chi connectivity index (χ0n) is 12.7. The number of nitrogens with zero attached hydrogens (tertiary/aromatic N) is 3. The summed E-state index contributed by atoms with van der Waals surface area (Å²) in [4.78, 5) is 8.95. The van der Waals surface area contributed by atoms with Crippen LogP contribution in [0.3, 0.4) is 0 Å². The van der Waals surface area contributed by atoms with Gasteiger partial charge in [0.05, 0.1) is 12.2 Å². The predicted octanol–water partition coefficient (Wildman–Crippen LogP) is 2.19. The zero-order valence-corrected chi connectivity index (χ0v) is 12.7. The van der Waals surface area contributed by atoms with Crippen molar-refractivity contribution < 1.29 is 4.52 Å². The van der Waals surface area contributed by atoms with Gasteiger partial charge in [-0.15, -0.1) is 0 Å². The highest BCUT2D eigenvalue weighted by Gasteiger charge is 2.18. The molecule has 0 amide bonds. The Bertz CT molecular complexity index is 635. The van der Waals surface area contributed by atoms with Crippen LogP contribution >= 0.6 is 0 Å². The van der Waals surface area contributed by atoms with Crippen LogP contribution in [-0.2, 0) is 26.1 Å². The van der Waals surface area contributed by atoms with E-state index >= 15 is 0 Å². The minimum absolute atomic E-state index is 0.567. The summed E-state index contributed by atoms with van der Waals surface area (Å²) in [6.07, 6.45) is 0.916. The van der Waals surface area contributed by atoms with Crippen molar-refractivity contribution in [1.29, 1.82) is 0 Å². The number of nitrogens with one attached hydrogen (secondary N) is 2. The number of anilines is 1. The Labute approximate surface area is 124 Å². The molecule has 2 aromatic heterocycles. The van der Waals surface area contributed by atoms with E-state index in [2.05, 4.69) is 39.6 Å². The molecule has 112 valence electrons. The Kier molecular flexibility index (Phi) is 3.88. The van der Waals surface area contributed by atoms with E-state index < -0.39 is 0 Å². The van der Waals surface area contributed by atoms with E-state index in [1.165, 1.54) is 0 Å².